The third kappa shape index (κ3) is 6.71. The van der Waals surface area contributed by atoms with Crippen LogP contribution in [0.25, 0.3) is 0 Å². The Bertz CT molecular complexity index is 436. The van der Waals surface area contributed by atoms with E-state index in [0.717, 1.165) is 23.1 Å². The van der Waals surface area contributed by atoms with Gasteiger partial charge in [0.25, 0.3) is 0 Å². The van der Waals surface area contributed by atoms with Gasteiger partial charge in [0, 0.05) is 6.54 Å². The molecule has 5 nitrogen and oxygen atoms in total. The first-order valence-corrected chi connectivity index (χ1v) is 7.05. The summed E-state index contributed by atoms with van der Waals surface area (Å²) in [6.07, 6.45) is 0. The Balaban J connectivity index is 2.33. The Morgan fingerprint density at radius 1 is 1.37 bits per heavy atom. The molecule has 1 amide bonds. The van der Waals surface area contributed by atoms with Gasteiger partial charge in [-0.15, -0.1) is 11.8 Å². The minimum atomic E-state index is -0.915. The third-order valence-corrected chi connectivity index (χ3v) is 3.08. The molecule has 6 heteroatoms. The number of aliphatic carboxylic acids is 1. The number of rotatable bonds is 8. The van der Waals surface area contributed by atoms with Gasteiger partial charge in [0.2, 0.25) is 5.91 Å². The third-order valence-electron chi connectivity index (χ3n) is 2.16. The topological polar surface area (TPSA) is 75.6 Å². The van der Waals surface area contributed by atoms with Gasteiger partial charge in [0.1, 0.15) is 5.75 Å². The number of amides is 1. The lowest BCUT2D eigenvalue weighted by Crippen LogP contribution is -2.25. The number of carbonyl (C=O) groups excluding carboxylic acids is 1. The summed E-state index contributed by atoms with van der Waals surface area (Å²) in [5.41, 5.74) is 0.947. The van der Waals surface area contributed by atoms with Gasteiger partial charge in [-0.2, -0.15) is 0 Å². The van der Waals surface area contributed by atoms with Gasteiger partial charge in [-0.05, 0) is 24.6 Å². The summed E-state index contributed by atoms with van der Waals surface area (Å²) in [5, 5.41) is 11.2. The van der Waals surface area contributed by atoms with Crippen molar-refractivity contribution >= 4 is 23.6 Å². The zero-order chi connectivity index (χ0) is 14.1. The molecule has 1 aromatic carbocycles. The van der Waals surface area contributed by atoms with Crippen LogP contribution in [0.5, 0.6) is 5.75 Å². The molecule has 0 saturated carbocycles. The molecule has 1 aromatic rings. The maximum Gasteiger partial charge on any atom is 0.313 e. The Kier molecular flexibility index (Phi) is 6.81. The fourth-order valence-corrected chi connectivity index (χ4v) is 1.96. The molecule has 0 bridgehead atoms. The van der Waals surface area contributed by atoms with E-state index in [-0.39, 0.29) is 17.4 Å². The van der Waals surface area contributed by atoms with Crippen molar-refractivity contribution in [3.05, 3.63) is 29.8 Å². The minimum absolute atomic E-state index is 0.0623. The maximum atomic E-state index is 11.5. The monoisotopic (exact) mass is 283 g/mol. The largest absolute Gasteiger partial charge is 0.494 e. The molecule has 104 valence electrons. The number of benzene rings is 1. The van der Waals surface area contributed by atoms with Crippen LogP contribution in [0.2, 0.25) is 0 Å². The van der Waals surface area contributed by atoms with Crippen LogP contribution in [0, 0.1) is 0 Å². The van der Waals surface area contributed by atoms with E-state index in [1.54, 1.807) is 0 Å². The van der Waals surface area contributed by atoms with Crippen LogP contribution >= 0.6 is 11.8 Å². The Morgan fingerprint density at radius 3 is 2.84 bits per heavy atom. The molecule has 0 aliphatic rings. The molecule has 0 aliphatic carbocycles. The van der Waals surface area contributed by atoms with Crippen LogP contribution in [-0.4, -0.2) is 35.1 Å². The van der Waals surface area contributed by atoms with E-state index >= 15 is 0 Å². The fraction of sp³-hybridized carbons (Fsp3) is 0.385. The summed E-state index contributed by atoms with van der Waals surface area (Å²) in [5.74, 6) is -0.227. The Hall–Kier alpha value is -1.69. The van der Waals surface area contributed by atoms with E-state index in [2.05, 4.69) is 5.32 Å². The van der Waals surface area contributed by atoms with E-state index in [9.17, 15) is 9.59 Å². The zero-order valence-electron chi connectivity index (χ0n) is 10.7. The van der Waals surface area contributed by atoms with Gasteiger partial charge in [0.15, 0.2) is 0 Å². The van der Waals surface area contributed by atoms with E-state index in [0.29, 0.717) is 13.2 Å². The molecular weight excluding hydrogens is 266 g/mol. The van der Waals surface area contributed by atoms with Crippen molar-refractivity contribution in [1.82, 2.24) is 5.32 Å². The van der Waals surface area contributed by atoms with Gasteiger partial charge in [-0.1, -0.05) is 12.1 Å². The molecule has 0 radical (unpaired) electrons. The summed E-state index contributed by atoms with van der Waals surface area (Å²) < 4.78 is 5.36. The van der Waals surface area contributed by atoms with E-state index < -0.39 is 5.97 Å². The molecule has 0 aromatic heterocycles. The van der Waals surface area contributed by atoms with Crippen molar-refractivity contribution in [3.8, 4) is 5.75 Å². The van der Waals surface area contributed by atoms with E-state index in [1.807, 2.05) is 31.2 Å². The van der Waals surface area contributed by atoms with Crippen molar-refractivity contribution in [2.45, 2.75) is 13.5 Å². The molecule has 2 N–H and O–H groups in total. The van der Waals surface area contributed by atoms with Gasteiger partial charge < -0.3 is 15.2 Å². The molecule has 0 fully saturated rings. The first-order valence-electron chi connectivity index (χ1n) is 5.89. The number of carboxylic acid groups (broad SMARTS) is 1. The first kappa shape index (κ1) is 15.4. The number of carboxylic acids is 1. The van der Waals surface area contributed by atoms with Crippen molar-refractivity contribution in [2.24, 2.45) is 0 Å². The van der Waals surface area contributed by atoms with Crippen molar-refractivity contribution in [3.63, 3.8) is 0 Å². The van der Waals surface area contributed by atoms with Gasteiger partial charge in [-0.3, -0.25) is 9.59 Å². The molecule has 0 saturated heterocycles. The number of nitrogens with one attached hydrogen (secondary N) is 1. The predicted octanol–water partition coefficient (Wildman–Crippen LogP) is 1.52. The minimum Gasteiger partial charge on any atom is -0.494 e. The van der Waals surface area contributed by atoms with Crippen molar-refractivity contribution in [1.29, 1.82) is 0 Å². The van der Waals surface area contributed by atoms with Crippen LogP contribution in [0.4, 0.5) is 0 Å². The second kappa shape index (κ2) is 8.42. The number of carbonyl (C=O) groups is 2. The molecule has 19 heavy (non-hydrogen) atoms. The lowest BCUT2D eigenvalue weighted by Gasteiger charge is -2.07. The van der Waals surface area contributed by atoms with Gasteiger partial charge in [0.05, 0.1) is 18.1 Å². The Morgan fingerprint density at radius 2 is 2.16 bits per heavy atom. The Labute approximate surface area is 116 Å². The highest BCUT2D eigenvalue weighted by molar-refractivity contribution is 8.00. The van der Waals surface area contributed by atoms with Crippen LogP contribution in [-0.2, 0) is 16.1 Å². The maximum absolute atomic E-state index is 11.5. The highest BCUT2D eigenvalue weighted by Crippen LogP contribution is 2.13. The molecule has 0 atom stereocenters. The zero-order valence-corrected chi connectivity index (χ0v) is 11.5. The molecule has 1 rings (SSSR count). The smallest absolute Gasteiger partial charge is 0.313 e. The highest BCUT2D eigenvalue weighted by atomic mass is 32.2. The average Bonchev–Trinajstić information content (AvgIpc) is 2.37. The van der Waals surface area contributed by atoms with Crippen LogP contribution in [0.15, 0.2) is 24.3 Å². The molecule has 0 unspecified atom stereocenters. The van der Waals surface area contributed by atoms with Crippen LogP contribution in [0.3, 0.4) is 0 Å². The summed E-state index contributed by atoms with van der Waals surface area (Å²) in [6, 6.07) is 7.49. The van der Waals surface area contributed by atoms with E-state index in [4.69, 9.17) is 9.84 Å². The molecule has 0 heterocycles. The number of hydrogen-bond donors (Lipinski definition) is 2. The predicted molar refractivity (Wildman–Crippen MR) is 74.4 cm³/mol. The van der Waals surface area contributed by atoms with Gasteiger partial charge in [-0.25, -0.2) is 0 Å². The second-order valence-corrected chi connectivity index (χ2v) is 4.73. The first-order chi connectivity index (χ1) is 9.11. The number of hydrogen-bond acceptors (Lipinski definition) is 4. The summed E-state index contributed by atoms with van der Waals surface area (Å²) in [6.45, 7) is 2.92. The van der Waals surface area contributed by atoms with Gasteiger partial charge >= 0.3 is 5.97 Å². The summed E-state index contributed by atoms with van der Waals surface area (Å²) in [7, 11) is 0. The average molecular weight is 283 g/mol. The highest BCUT2D eigenvalue weighted by Gasteiger charge is 2.04. The SMILES string of the molecule is CCOc1cccc(CNC(=O)CSCC(=O)O)c1. The van der Waals surface area contributed by atoms with E-state index in [1.165, 1.54) is 0 Å². The number of thioether (sulfide) groups is 1. The summed E-state index contributed by atoms with van der Waals surface area (Å²) >= 11 is 1.08. The molecule has 0 aliphatic heterocycles. The second-order valence-electron chi connectivity index (χ2n) is 3.74. The number of ether oxygens (including phenoxy) is 1. The summed E-state index contributed by atoms with van der Waals surface area (Å²) in [4.78, 5) is 21.7. The van der Waals surface area contributed by atoms with Crippen LogP contribution < -0.4 is 10.1 Å². The fourth-order valence-electron chi connectivity index (χ4n) is 1.39. The lowest BCUT2D eigenvalue weighted by molar-refractivity contribution is -0.133. The standard InChI is InChI=1S/C13H17NO4S/c1-2-18-11-5-3-4-10(6-11)7-14-12(15)8-19-9-13(16)17/h3-6H,2,7-9H2,1H3,(H,14,15)(H,16,17). The molecular formula is C13H17NO4S. The molecule has 0 spiro atoms. The van der Waals surface area contributed by atoms with Crippen LogP contribution in [0.1, 0.15) is 12.5 Å². The van der Waals surface area contributed by atoms with Crippen molar-refractivity contribution < 1.29 is 19.4 Å². The normalized spacial score (nSPS) is 9.95. The van der Waals surface area contributed by atoms with Crippen molar-refractivity contribution in [2.75, 3.05) is 18.1 Å². The lowest BCUT2D eigenvalue weighted by atomic mass is 10.2. The quantitative estimate of drug-likeness (QED) is 0.756.